The van der Waals surface area contributed by atoms with Crippen molar-refractivity contribution >= 4 is 57.2 Å². The standard InChI is InChI=1S/C23H18ClN7O4/c1-29-21(34)28-20(33)23(29)6-10-4-13-14(5-11(10)7-23)26-16(25-13)8-30-15-3-2-12(24)18-19(15)31(22(30)35)9-17(32)27-18/h2-5H,6-9H2,1H3,(H,25,26)(H,27,32)(H,28,33,34). The average Bonchev–Trinajstić information content (AvgIpc) is 3.51. The van der Waals surface area contributed by atoms with Gasteiger partial charge in [-0.3, -0.25) is 24.0 Å². The van der Waals surface area contributed by atoms with Crippen molar-refractivity contribution in [2.45, 2.75) is 31.5 Å². The molecule has 2 aromatic heterocycles. The number of H-pyrrole nitrogens is 1. The van der Waals surface area contributed by atoms with Crippen LogP contribution in [0.3, 0.4) is 0 Å². The number of fused-ring (bicyclic) bond motifs is 2. The zero-order chi connectivity index (χ0) is 24.2. The quantitative estimate of drug-likeness (QED) is 0.364. The van der Waals surface area contributed by atoms with Gasteiger partial charge in [0.1, 0.15) is 17.9 Å². The fraction of sp³-hybridized carbons (Fsp3) is 0.261. The first-order valence-corrected chi connectivity index (χ1v) is 11.4. The van der Waals surface area contributed by atoms with E-state index < -0.39 is 5.54 Å². The Morgan fingerprint density at radius 1 is 1.09 bits per heavy atom. The van der Waals surface area contributed by atoms with Crippen molar-refractivity contribution in [1.82, 2.24) is 29.3 Å². The second-order valence-electron chi connectivity index (χ2n) is 9.32. The molecule has 4 heterocycles. The Labute approximate surface area is 201 Å². The molecular weight excluding hydrogens is 474 g/mol. The van der Waals surface area contributed by atoms with Gasteiger partial charge in [-0.15, -0.1) is 0 Å². The van der Waals surface area contributed by atoms with Crippen molar-refractivity contribution < 1.29 is 14.4 Å². The highest BCUT2D eigenvalue weighted by Gasteiger charge is 2.54. The lowest BCUT2D eigenvalue weighted by molar-refractivity contribution is -0.125. The van der Waals surface area contributed by atoms with Crippen LogP contribution in [0.5, 0.6) is 0 Å². The number of nitrogens with zero attached hydrogens (tertiary/aromatic N) is 4. The van der Waals surface area contributed by atoms with E-state index in [-0.39, 0.29) is 36.6 Å². The molecule has 7 rings (SSSR count). The number of hydrogen-bond acceptors (Lipinski definition) is 5. The van der Waals surface area contributed by atoms with E-state index in [9.17, 15) is 19.2 Å². The number of likely N-dealkylation sites (N-methyl/N-ethyl adjacent to an activating group) is 1. The molecule has 1 fully saturated rings. The highest BCUT2D eigenvalue weighted by molar-refractivity contribution is 6.35. The van der Waals surface area contributed by atoms with Gasteiger partial charge in [0.15, 0.2) is 0 Å². The molecule has 0 saturated carbocycles. The minimum atomic E-state index is -0.896. The maximum atomic E-state index is 13.2. The summed E-state index contributed by atoms with van der Waals surface area (Å²) in [6.07, 6.45) is 0.851. The van der Waals surface area contributed by atoms with Crippen LogP contribution in [0.4, 0.5) is 10.5 Å². The molecule has 11 nitrogen and oxygen atoms in total. The van der Waals surface area contributed by atoms with Crippen LogP contribution in [0.15, 0.2) is 29.1 Å². The number of carbonyl (C=O) groups is 3. The van der Waals surface area contributed by atoms with Crippen LogP contribution in [0.25, 0.3) is 22.1 Å². The lowest BCUT2D eigenvalue weighted by atomic mass is 9.95. The molecule has 3 aliphatic rings. The molecule has 176 valence electrons. The third-order valence-corrected chi connectivity index (χ3v) is 7.73. The average molecular weight is 492 g/mol. The fourth-order valence-corrected chi connectivity index (χ4v) is 5.82. The number of halogens is 1. The summed E-state index contributed by atoms with van der Waals surface area (Å²) in [7, 11) is 1.64. The number of aromatic nitrogens is 4. The van der Waals surface area contributed by atoms with Crippen molar-refractivity contribution in [2.24, 2.45) is 0 Å². The molecule has 2 aromatic carbocycles. The zero-order valence-corrected chi connectivity index (χ0v) is 19.2. The number of imide groups is 1. The van der Waals surface area contributed by atoms with Crippen LogP contribution in [0.1, 0.15) is 17.0 Å². The molecular formula is C23H18ClN7O4. The minimum Gasteiger partial charge on any atom is -0.340 e. The maximum Gasteiger partial charge on any atom is 0.330 e. The van der Waals surface area contributed by atoms with Crippen molar-refractivity contribution in [3.8, 4) is 0 Å². The van der Waals surface area contributed by atoms with Gasteiger partial charge in [0, 0.05) is 19.9 Å². The van der Waals surface area contributed by atoms with E-state index in [2.05, 4.69) is 15.6 Å². The molecule has 35 heavy (non-hydrogen) atoms. The first-order valence-electron chi connectivity index (χ1n) is 11.1. The lowest BCUT2D eigenvalue weighted by Gasteiger charge is -2.27. The number of urea groups is 1. The lowest BCUT2D eigenvalue weighted by Crippen LogP contribution is -2.48. The Morgan fingerprint density at radius 2 is 1.86 bits per heavy atom. The van der Waals surface area contributed by atoms with E-state index in [1.54, 1.807) is 23.7 Å². The predicted molar refractivity (Wildman–Crippen MR) is 126 cm³/mol. The number of amides is 4. The van der Waals surface area contributed by atoms with Gasteiger partial charge in [0.2, 0.25) is 5.91 Å². The molecule has 1 spiro atoms. The van der Waals surface area contributed by atoms with E-state index >= 15 is 0 Å². The highest BCUT2D eigenvalue weighted by Crippen LogP contribution is 2.38. The summed E-state index contributed by atoms with van der Waals surface area (Å²) in [5.74, 6) is 0.00520. The highest BCUT2D eigenvalue weighted by atomic mass is 35.5. The van der Waals surface area contributed by atoms with Gasteiger partial charge in [-0.2, -0.15) is 0 Å². The summed E-state index contributed by atoms with van der Waals surface area (Å²) in [5, 5.41) is 5.53. The topological polar surface area (TPSA) is 134 Å². The number of nitrogens with one attached hydrogen (secondary N) is 3. The maximum absolute atomic E-state index is 13.2. The first kappa shape index (κ1) is 20.3. The monoisotopic (exact) mass is 491 g/mol. The normalized spacial score (nSPS) is 18.1. The summed E-state index contributed by atoms with van der Waals surface area (Å²) in [4.78, 5) is 59.3. The predicted octanol–water partition coefficient (Wildman–Crippen LogP) is 1.35. The zero-order valence-electron chi connectivity index (χ0n) is 18.4. The number of carbonyl (C=O) groups excluding carboxylic acids is 3. The summed E-state index contributed by atoms with van der Waals surface area (Å²) >= 11 is 6.27. The van der Waals surface area contributed by atoms with Gasteiger partial charge in [-0.1, -0.05) is 11.6 Å². The Bertz CT molecular complexity index is 1690. The van der Waals surface area contributed by atoms with Crippen LogP contribution in [0, 0.1) is 0 Å². The molecule has 1 unspecified atom stereocenters. The number of benzene rings is 2. The Morgan fingerprint density at radius 3 is 2.60 bits per heavy atom. The van der Waals surface area contributed by atoms with Crippen LogP contribution in [-0.2, 0) is 35.5 Å². The van der Waals surface area contributed by atoms with Gasteiger partial charge in [0.25, 0.3) is 5.91 Å². The molecule has 0 radical (unpaired) electrons. The number of aromatic amines is 1. The van der Waals surface area contributed by atoms with Crippen molar-refractivity contribution in [2.75, 3.05) is 12.4 Å². The molecule has 2 aliphatic heterocycles. The van der Waals surface area contributed by atoms with Gasteiger partial charge in [-0.05, 0) is 35.4 Å². The SMILES string of the molecule is CN1C(=O)NC(=O)C12Cc1cc3nc(Cn4c(=O)n5c6c(c(Cl)ccc64)NC(=O)C5)[nH]c3cc1C2. The first-order chi connectivity index (χ1) is 16.7. The Kier molecular flexibility index (Phi) is 3.77. The number of hydrogen-bond donors (Lipinski definition) is 3. The van der Waals surface area contributed by atoms with Gasteiger partial charge in [0.05, 0.1) is 39.3 Å². The largest absolute Gasteiger partial charge is 0.340 e. The smallest absolute Gasteiger partial charge is 0.330 e. The third kappa shape index (κ3) is 2.58. The summed E-state index contributed by atoms with van der Waals surface area (Å²) < 4.78 is 3.00. The summed E-state index contributed by atoms with van der Waals surface area (Å²) in [5.41, 5.74) is 3.91. The second-order valence-corrected chi connectivity index (χ2v) is 9.73. The van der Waals surface area contributed by atoms with E-state index in [1.807, 2.05) is 12.1 Å². The summed E-state index contributed by atoms with van der Waals surface area (Å²) in [6, 6.07) is 6.93. The van der Waals surface area contributed by atoms with E-state index in [1.165, 1.54) is 9.47 Å². The summed E-state index contributed by atoms with van der Waals surface area (Å²) in [6.45, 7) is 0.106. The Balaban J connectivity index is 1.28. The van der Waals surface area contributed by atoms with Gasteiger partial charge >= 0.3 is 11.7 Å². The minimum absolute atomic E-state index is 0.0746. The van der Waals surface area contributed by atoms with Crippen LogP contribution < -0.4 is 16.3 Å². The van der Waals surface area contributed by atoms with Crippen molar-refractivity contribution in [3.63, 3.8) is 0 Å². The van der Waals surface area contributed by atoms with Crippen LogP contribution >= 0.6 is 11.6 Å². The van der Waals surface area contributed by atoms with Crippen LogP contribution in [0.2, 0.25) is 5.02 Å². The van der Waals surface area contributed by atoms with Gasteiger partial charge in [-0.25, -0.2) is 14.6 Å². The fourth-order valence-electron chi connectivity index (χ4n) is 5.62. The molecule has 4 amide bonds. The van der Waals surface area contributed by atoms with E-state index in [0.29, 0.717) is 45.9 Å². The molecule has 1 atom stereocenters. The van der Waals surface area contributed by atoms with Crippen molar-refractivity contribution in [1.29, 1.82) is 0 Å². The molecule has 1 aliphatic carbocycles. The second kappa shape index (κ2) is 6.51. The Hall–Kier alpha value is -4.12. The van der Waals surface area contributed by atoms with Crippen molar-refractivity contribution in [3.05, 3.63) is 56.7 Å². The third-order valence-electron chi connectivity index (χ3n) is 7.41. The van der Waals surface area contributed by atoms with E-state index in [4.69, 9.17) is 16.6 Å². The van der Waals surface area contributed by atoms with Crippen LogP contribution in [-0.4, -0.2) is 54.4 Å². The molecule has 0 bridgehead atoms. The number of rotatable bonds is 2. The number of anilines is 1. The number of imidazole rings is 2. The van der Waals surface area contributed by atoms with Gasteiger partial charge < -0.3 is 15.2 Å². The molecule has 1 saturated heterocycles. The molecule has 12 heteroatoms. The molecule has 4 aromatic rings. The van der Waals surface area contributed by atoms with E-state index in [0.717, 1.165) is 16.6 Å². The molecule has 3 N–H and O–H groups in total.